The largest absolute Gasteiger partial charge is 0.454 e. The Kier molecular flexibility index (Phi) is 5.72. The molecule has 4 N–H and O–H groups in total. The van der Waals surface area contributed by atoms with Crippen molar-refractivity contribution in [3.05, 3.63) is 53.1 Å². The highest BCUT2D eigenvalue weighted by Gasteiger charge is 2.12. The van der Waals surface area contributed by atoms with Crippen molar-refractivity contribution in [2.45, 2.75) is 13.8 Å². The minimum atomic E-state index is -0.558. The number of carbonyl (C=O) groups is 1. The van der Waals surface area contributed by atoms with Crippen molar-refractivity contribution in [1.82, 2.24) is 16.3 Å². The van der Waals surface area contributed by atoms with E-state index in [4.69, 9.17) is 21.7 Å². The summed E-state index contributed by atoms with van der Waals surface area (Å²) in [6.07, 6.45) is 1.49. The third-order valence-electron chi connectivity index (χ3n) is 3.79. The fraction of sp³-hybridized carbons (Fsp3) is 0.167. The Morgan fingerprint density at radius 3 is 2.63 bits per heavy atom. The second-order valence-corrected chi connectivity index (χ2v) is 6.19. The Bertz CT molecular complexity index is 880. The van der Waals surface area contributed by atoms with Crippen LogP contribution in [0.3, 0.4) is 0 Å². The molecule has 8 nitrogen and oxygen atoms in total. The summed E-state index contributed by atoms with van der Waals surface area (Å²) in [6, 6.07) is 10.7. The van der Waals surface area contributed by atoms with Crippen LogP contribution in [0.1, 0.15) is 16.7 Å². The van der Waals surface area contributed by atoms with E-state index in [9.17, 15) is 4.79 Å². The number of nitrogens with one attached hydrogen (secondary N) is 4. The Morgan fingerprint density at radius 1 is 1.11 bits per heavy atom. The number of carbonyl (C=O) groups excluding carboxylic acids is 1. The van der Waals surface area contributed by atoms with Crippen molar-refractivity contribution in [2.24, 2.45) is 5.10 Å². The van der Waals surface area contributed by atoms with Gasteiger partial charge in [-0.05, 0) is 61.0 Å². The number of amides is 2. The Labute approximate surface area is 161 Å². The van der Waals surface area contributed by atoms with Gasteiger partial charge in [0.25, 0.3) is 0 Å². The van der Waals surface area contributed by atoms with Crippen LogP contribution in [0, 0.1) is 13.8 Å². The van der Waals surface area contributed by atoms with Gasteiger partial charge in [-0.15, -0.1) is 0 Å². The van der Waals surface area contributed by atoms with E-state index in [-0.39, 0.29) is 11.9 Å². The third-order valence-corrected chi connectivity index (χ3v) is 3.99. The van der Waals surface area contributed by atoms with Gasteiger partial charge in [-0.25, -0.2) is 15.6 Å². The lowest BCUT2D eigenvalue weighted by Crippen LogP contribution is -2.47. The number of benzene rings is 2. The second-order valence-electron chi connectivity index (χ2n) is 5.78. The lowest BCUT2D eigenvalue weighted by atomic mass is 10.1. The summed E-state index contributed by atoms with van der Waals surface area (Å²) in [5.41, 5.74) is 11.1. The predicted molar refractivity (Wildman–Crippen MR) is 107 cm³/mol. The van der Waals surface area contributed by atoms with Gasteiger partial charge >= 0.3 is 6.03 Å². The molecule has 0 spiro atoms. The maximum absolute atomic E-state index is 11.8. The zero-order valence-corrected chi connectivity index (χ0v) is 15.6. The number of hydrogen-bond acceptors (Lipinski definition) is 5. The van der Waals surface area contributed by atoms with Crippen molar-refractivity contribution >= 4 is 35.3 Å². The van der Waals surface area contributed by atoms with Gasteiger partial charge in [0.1, 0.15) is 0 Å². The molecule has 0 aromatic heterocycles. The average Bonchev–Trinajstić information content (AvgIpc) is 3.11. The molecule has 0 fully saturated rings. The molecule has 1 aliphatic rings. The highest BCUT2D eigenvalue weighted by atomic mass is 32.1. The van der Waals surface area contributed by atoms with Gasteiger partial charge in [-0.3, -0.25) is 5.43 Å². The van der Waals surface area contributed by atoms with Crippen molar-refractivity contribution in [3.63, 3.8) is 0 Å². The van der Waals surface area contributed by atoms with Gasteiger partial charge in [-0.2, -0.15) is 5.10 Å². The molecule has 9 heteroatoms. The lowest BCUT2D eigenvalue weighted by Gasteiger charge is -2.14. The van der Waals surface area contributed by atoms with Crippen LogP contribution < -0.4 is 31.1 Å². The SMILES string of the molecule is Cc1cccc(C)c1NC(=S)NNC(=O)N/N=C/c1ccc2c(c1)OCO2. The fourth-order valence-electron chi connectivity index (χ4n) is 2.46. The standard InChI is InChI=1S/C18H19N5O3S/c1-11-4-3-5-12(2)16(11)20-18(27)23-22-17(24)21-19-9-13-6-7-14-15(8-13)26-10-25-14/h3-9H,10H2,1-2H3,(H2,20,23,27)(H2,21,22,24)/b19-9+. The number of thiocarbonyl (C=S) groups is 1. The Balaban J connectivity index is 1.45. The number of ether oxygens (including phenoxy) is 2. The normalized spacial score (nSPS) is 11.9. The van der Waals surface area contributed by atoms with Gasteiger partial charge in [-0.1, -0.05) is 18.2 Å². The van der Waals surface area contributed by atoms with Crippen LogP contribution in [-0.2, 0) is 0 Å². The van der Waals surface area contributed by atoms with Crippen LogP contribution in [0.2, 0.25) is 0 Å². The summed E-state index contributed by atoms with van der Waals surface area (Å²) in [6.45, 7) is 4.16. The van der Waals surface area contributed by atoms with E-state index in [1.165, 1.54) is 6.21 Å². The molecule has 0 atom stereocenters. The van der Waals surface area contributed by atoms with Crippen molar-refractivity contribution < 1.29 is 14.3 Å². The molecule has 0 bridgehead atoms. The number of aryl methyl sites for hydroxylation is 2. The van der Waals surface area contributed by atoms with E-state index in [2.05, 4.69) is 26.7 Å². The van der Waals surface area contributed by atoms with Gasteiger partial charge in [0.15, 0.2) is 16.6 Å². The fourth-order valence-corrected chi connectivity index (χ4v) is 2.61. The zero-order chi connectivity index (χ0) is 19.2. The summed E-state index contributed by atoms with van der Waals surface area (Å²) in [7, 11) is 0. The maximum atomic E-state index is 11.8. The molecular formula is C18H19N5O3S. The van der Waals surface area contributed by atoms with E-state index in [0.29, 0.717) is 11.5 Å². The van der Waals surface area contributed by atoms with Gasteiger partial charge in [0, 0.05) is 5.69 Å². The monoisotopic (exact) mass is 385 g/mol. The van der Waals surface area contributed by atoms with Gasteiger partial charge in [0.05, 0.1) is 6.21 Å². The average molecular weight is 385 g/mol. The van der Waals surface area contributed by atoms with Crippen molar-refractivity contribution in [2.75, 3.05) is 12.1 Å². The molecule has 0 saturated heterocycles. The van der Waals surface area contributed by atoms with Crippen molar-refractivity contribution in [3.8, 4) is 11.5 Å². The van der Waals surface area contributed by atoms with E-state index >= 15 is 0 Å². The number of hydrogen-bond donors (Lipinski definition) is 4. The number of urea groups is 1. The Hall–Kier alpha value is -3.33. The minimum Gasteiger partial charge on any atom is -0.454 e. The van der Waals surface area contributed by atoms with Crippen LogP contribution in [0.15, 0.2) is 41.5 Å². The number of para-hydroxylation sites is 1. The summed E-state index contributed by atoms with van der Waals surface area (Å²) in [5.74, 6) is 1.33. The summed E-state index contributed by atoms with van der Waals surface area (Å²) in [4.78, 5) is 11.8. The second kappa shape index (κ2) is 8.37. The topological polar surface area (TPSA) is 96.0 Å². The first-order chi connectivity index (χ1) is 13.0. The van der Waals surface area contributed by atoms with Crippen LogP contribution in [0.25, 0.3) is 0 Å². The molecule has 2 aromatic carbocycles. The first-order valence-corrected chi connectivity index (χ1v) is 8.55. The molecule has 0 radical (unpaired) electrons. The summed E-state index contributed by atoms with van der Waals surface area (Å²) < 4.78 is 10.5. The van der Waals surface area contributed by atoms with Crippen LogP contribution in [0.5, 0.6) is 11.5 Å². The van der Waals surface area contributed by atoms with E-state index in [1.807, 2.05) is 32.0 Å². The molecule has 3 rings (SSSR count). The van der Waals surface area contributed by atoms with E-state index in [1.54, 1.807) is 18.2 Å². The molecular weight excluding hydrogens is 366 g/mol. The first-order valence-electron chi connectivity index (χ1n) is 8.15. The number of fused-ring (bicyclic) bond motifs is 1. The molecule has 0 saturated carbocycles. The highest BCUT2D eigenvalue weighted by Crippen LogP contribution is 2.31. The molecule has 1 aliphatic heterocycles. The van der Waals surface area contributed by atoms with Crippen LogP contribution >= 0.6 is 12.2 Å². The van der Waals surface area contributed by atoms with Gasteiger partial charge in [0.2, 0.25) is 6.79 Å². The summed E-state index contributed by atoms with van der Waals surface area (Å²) in [5, 5.41) is 7.19. The molecule has 0 unspecified atom stereocenters. The Morgan fingerprint density at radius 2 is 1.85 bits per heavy atom. The quantitative estimate of drug-likeness (QED) is 0.368. The number of rotatable bonds is 3. The van der Waals surface area contributed by atoms with E-state index in [0.717, 1.165) is 22.4 Å². The van der Waals surface area contributed by atoms with Gasteiger partial charge < -0.3 is 14.8 Å². The molecule has 27 heavy (non-hydrogen) atoms. The number of nitrogens with zero attached hydrogens (tertiary/aromatic N) is 1. The molecule has 1 heterocycles. The van der Waals surface area contributed by atoms with E-state index < -0.39 is 6.03 Å². The number of hydrazine groups is 1. The van der Waals surface area contributed by atoms with Crippen LogP contribution in [-0.4, -0.2) is 24.2 Å². The molecule has 140 valence electrons. The minimum absolute atomic E-state index is 0.207. The smallest absolute Gasteiger partial charge is 0.353 e. The third kappa shape index (κ3) is 4.85. The molecule has 2 aromatic rings. The van der Waals surface area contributed by atoms with Crippen molar-refractivity contribution in [1.29, 1.82) is 0 Å². The number of anilines is 1. The van der Waals surface area contributed by atoms with Crippen LogP contribution in [0.4, 0.5) is 10.5 Å². The first kappa shape index (κ1) is 18.5. The zero-order valence-electron chi connectivity index (χ0n) is 14.8. The molecule has 2 amide bonds. The maximum Gasteiger partial charge on any atom is 0.353 e. The lowest BCUT2D eigenvalue weighted by molar-refractivity contribution is 0.174. The number of hydrazone groups is 1. The highest BCUT2D eigenvalue weighted by molar-refractivity contribution is 7.80. The summed E-state index contributed by atoms with van der Waals surface area (Å²) >= 11 is 5.18. The predicted octanol–water partition coefficient (Wildman–Crippen LogP) is 2.57. The molecule has 0 aliphatic carbocycles.